The molecule has 1 amide bonds. The third kappa shape index (κ3) is 2.43. The third-order valence-corrected chi connectivity index (χ3v) is 3.42. The molecular weight excluding hydrogens is 262 g/mol. The molecule has 0 aliphatic heterocycles. The fourth-order valence-corrected chi connectivity index (χ4v) is 2.27. The minimum atomic E-state index is -0.220. The monoisotopic (exact) mass is 277 g/mol. The molecular formula is C17H15N3O. The number of nitrogens with one attached hydrogen (secondary N) is 2. The van der Waals surface area contributed by atoms with Gasteiger partial charge in [-0.2, -0.15) is 5.10 Å². The van der Waals surface area contributed by atoms with Gasteiger partial charge in [0.05, 0.1) is 11.2 Å². The highest BCUT2D eigenvalue weighted by molar-refractivity contribution is 6.00. The first-order valence-electron chi connectivity index (χ1n) is 6.66. The zero-order valence-electron chi connectivity index (χ0n) is 11.7. The van der Waals surface area contributed by atoms with E-state index < -0.39 is 0 Å². The molecule has 1 heterocycles. The molecule has 0 atom stereocenters. The molecule has 3 aromatic rings. The van der Waals surface area contributed by atoms with Crippen LogP contribution in [0.15, 0.2) is 55.1 Å². The van der Waals surface area contributed by atoms with Crippen LogP contribution >= 0.6 is 0 Å². The molecule has 0 bridgehead atoms. The fraction of sp³-hybridized carbons (Fsp3) is 0.0588. The number of anilines is 1. The van der Waals surface area contributed by atoms with Crippen LogP contribution < -0.4 is 5.32 Å². The lowest BCUT2D eigenvalue weighted by molar-refractivity contribution is -0.111. The van der Waals surface area contributed by atoms with Crippen LogP contribution in [0.2, 0.25) is 0 Å². The highest BCUT2D eigenvalue weighted by atomic mass is 16.1. The standard InChI is InChI=1S/C17H15N3O/c1-3-16(21)18-15-10-12(9-8-11(15)2)17-13-6-4-5-7-14(13)19-20-17/h3-10H,1H2,2H3,(H,18,21)(H,19,20). The summed E-state index contributed by atoms with van der Waals surface area (Å²) in [5.41, 5.74) is 4.58. The van der Waals surface area contributed by atoms with Gasteiger partial charge in [-0.05, 0) is 30.7 Å². The first-order chi connectivity index (χ1) is 10.2. The lowest BCUT2D eigenvalue weighted by atomic mass is 10.0. The topological polar surface area (TPSA) is 57.8 Å². The number of carbonyl (C=O) groups is 1. The Kier molecular flexibility index (Phi) is 3.28. The lowest BCUT2D eigenvalue weighted by Crippen LogP contribution is -2.08. The van der Waals surface area contributed by atoms with E-state index >= 15 is 0 Å². The third-order valence-electron chi connectivity index (χ3n) is 3.42. The summed E-state index contributed by atoms with van der Waals surface area (Å²) in [6.07, 6.45) is 1.26. The first-order valence-corrected chi connectivity index (χ1v) is 6.66. The molecule has 104 valence electrons. The van der Waals surface area contributed by atoms with Crippen molar-refractivity contribution >= 4 is 22.5 Å². The Hall–Kier alpha value is -2.88. The zero-order chi connectivity index (χ0) is 14.8. The molecule has 0 spiro atoms. The van der Waals surface area contributed by atoms with E-state index in [0.29, 0.717) is 0 Å². The van der Waals surface area contributed by atoms with Crippen LogP contribution in [0.3, 0.4) is 0 Å². The van der Waals surface area contributed by atoms with Gasteiger partial charge >= 0.3 is 0 Å². The van der Waals surface area contributed by atoms with Crippen LogP contribution in [-0.2, 0) is 4.79 Å². The zero-order valence-corrected chi connectivity index (χ0v) is 11.7. The van der Waals surface area contributed by atoms with Crippen LogP contribution in [0.4, 0.5) is 5.69 Å². The van der Waals surface area contributed by atoms with Crippen molar-refractivity contribution in [3.8, 4) is 11.3 Å². The van der Waals surface area contributed by atoms with E-state index in [1.807, 2.05) is 49.4 Å². The van der Waals surface area contributed by atoms with E-state index in [9.17, 15) is 4.79 Å². The van der Waals surface area contributed by atoms with E-state index in [2.05, 4.69) is 22.1 Å². The summed E-state index contributed by atoms with van der Waals surface area (Å²) >= 11 is 0. The van der Waals surface area contributed by atoms with Gasteiger partial charge in [-0.3, -0.25) is 9.89 Å². The second-order valence-corrected chi connectivity index (χ2v) is 4.84. The van der Waals surface area contributed by atoms with Crippen LogP contribution in [0.25, 0.3) is 22.2 Å². The summed E-state index contributed by atoms with van der Waals surface area (Å²) in [5, 5.41) is 11.3. The molecule has 4 nitrogen and oxygen atoms in total. The number of hydrogen-bond acceptors (Lipinski definition) is 2. The second-order valence-electron chi connectivity index (χ2n) is 4.84. The molecule has 0 saturated heterocycles. The van der Waals surface area contributed by atoms with Crippen molar-refractivity contribution in [3.63, 3.8) is 0 Å². The maximum Gasteiger partial charge on any atom is 0.247 e. The van der Waals surface area contributed by atoms with Gasteiger partial charge in [0, 0.05) is 16.6 Å². The Balaban J connectivity index is 2.08. The molecule has 0 radical (unpaired) electrons. The van der Waals surface area contributed by atoms with E-state index in [1.54, 1.807) is 0 Å². The molecule has 1 aromatic heterocycles. The SMILES string of the molecule is C=CC(=O)Nc1cc(-c2n[nH]c3ccccc23)ccc1C. The quantitative estimate of drug-likeness (QED) is 0.718. The number of amides is 1. The van der Waals surface area contributed by atoms with E-state index in [1.165, 1.54) is 6.08 Å². The molecule has 0 unspecified atom stereocenters. The van der Waals surface area contributed by atoms with E-state index in [-0.39, 0.29) is 5.91 Å². The number of aromatic amines is 1. The summed E-state index contributed by atoms with van der Waals surface area (Å²) < 4.78 is 0. The van der Waals surface area contributed by atoms with Gasteiger partial charge in [-0.15, -0.1) is 0 Å². The molecule has 0 fully saturated rings. The Morgan fingerprint density at radius 1 is 1.29 bits per heavy atom. The molecule has 0 aliphatic carbocycles. The smallest absolute Gasteiger partial charge is 0.247 e. The summed E-state index contributed by atoms with van der Waals surface area (Å²) in [6, 6.07) is 13.9. The van der Waals surface area contributed by atoms with Gasteiger partial charge in [0.25, 0.3) is 0 Å². The number of carbonyl (C=O) groups excluding carboxylic acids is 1. The Morgan fingerprint density at radius 2 is 2.10 bits per heavy atom. The summed E-state index contributed by atoms with van der Waals surface area (Å²) in [4.78, 5) is 11.5. The molecule has 21 heavy (non-hydrogen) atoms. The Labute approximate surface area is 122 Å². The van der Waals surface area contributed by atoms with Gasteiger partial charge < -0.3 is 5.32 Å². The minimum absolute atomic E-state index is 0.220. The number of nitrogens with zero attached hydrogens (tertiary/aromatic N) is 1. The average Bonchev–Trinajstić information content (AvgIpc) is 2.93. The molecule has 2 aromatic carbocycles. The maximum absolute atomic E-state index is 11.5. The first kappa shape index (κ1) is 13.1. The fourth-order valence-electron chi connectivity index (χ4n) is 2.27. The minimum Gasteiger partial charge on any atom is -0.322 e. The maximum atomic E-state index is 11.5. The molecule has 0 aliphatic rings. The van der Waals surface area contributed by atoms with Crippen molar-refractivity contribution in [1.82, 2.24) is 10.2 Å². The molecule has 0 saturated carbocycles. The van der Waals surface area contributed by atoms with Crippen LogP contribution in [0, 0.1) is 6.92 Å². The summed E-state index contributed by atoms with van der Waals surface area (Å²) in [6.45, 7) is 5.42. The van der Waals surface area contributed by atoms with Gasteiger partial charge in [0.15, 0.2) is 0 Å². The largest absolute Gasteiger partial charge is 0.322 e. The lowest BCUT2D eigenvalue weighted by Gasteiger charge is -2.08. The van der Waals surface area contributed by atoms with Crippen molar-refractivity contribution < 1.29 is 4.79 Å². The van der Waals surface area contributed by atoms with Crippen molar-refractivity contribution in [1.29, 1.82) is 0 Å². The number of fused-ring (bicyclic) bond motifs is 1. The van der Waals surface area contributed by atoms with Gasteiger partial charge in [-0.1, -0.05) is 36.9 Å². The highest BCUT2D eigenvalue weighted by Crippen LogP contribution is 2.29. The van der Waals surface area contributed by atoms with Crippen LogP contribution in [0.1, 0.15) is 5.56 Å². The highest BCUT2D eigenvalue weighted by Gasteiger charge is 2.10. The molecule has 2 N–H and O–H groups in total. The molecule has 3 rings (SSSR count). The van der Waals surface area contributed by atoms with E-state index in [4.69, 9.17) is 0 Å². The van der Waals surface area contributed by atoms with Gasteiger partial charge in [0.1, 0.15) is 0 Å². The van der Waals surface area contributed by atoms with Crippen molar-refractivity contribution in [3.05, 3.63) is 60.7 Å². The summed E-state index contributed by atoms with van der Waals surface area (Å²) in [7, 11) is 0. The van der Waals surface area contributed by atoms with E-state index in [0.717, 1.165) is 33.4 Å². The second kappa shape index (κ2) is 5.25. The van der Waals surface area contributed by atoms with Crippen molar-refractivity contribution in [2.75, 3.05) is 5.32 Å². The predicted molar refractivity (Wildman–Crippen MR) is 85.1 cm³/mol. The number of aromatic nitrogens is 2. The average molecular weight is 277 g/mol. The summed E-state index contributed by atoms with van der Waals surface area (Å²) in [5.74, 6) is -0.220. The van der Waals surface area contributed by atoms with Gasteiger partial charge in [0.2, 0.25) is 5.91 Å². The van der Waals surface area contributed by atoms with Crippen LogP contribution in [-0.4, -0.2) is 16.1 Å². The van der Waals surface area contributed by atoms with Crippen molar-refractivity contribution in [2.45, 2.75) is 6.92 Å². The number of aryl methyl sites for hydroxylation is 1. The Morgan fingerprint density at radius 3 is 2.90 bits per heavy atom. The number of para-hydroxylation sites is 1. The molecule has 4 heteroatoms. The van der Waals surface area contributed by atoms with Crippen molar-refractivity contribution in [2.24, 2.45) is 0 Å². The predicted octanol–water partition coefficient (Wildman–Crippen LogP) is 3.66. The van der Waals surface area contributed by atoms with Crippen LogP contribution in [0.5, 0.6) is 0 Å². The number of H-pyrrole nitrogens is 1. The number of rotatable bonds is 3. The normalized spacial score (nSPS) is 10.5. The Bertz CT molecular complexity index is 833. The number of benzene rings is 2. The number of hydrogen-bond donors (Lipinski definition) is 2. The van der Waals surface area contributed by atoms with Gasteiger partial charge in [-0.25, -0.2) is 0 Å².